The van der Waals surface area contributed by atoms with E-state index in [2.05, 4.69) is 22.1 Å². The molecule has 0 spiro atoms. The van der Waals surface area contributed by atoms with Gasteiger partial charge in [-0.1, -0.05) is 0 Å². The van der Waals surface area contributed by atoms with E-state index in [9.17, 15) is 4.79 Å². The summed E-state index contributed by atoms with van der Waals surface area (Å²) in [6.07, 6.45) is 5.78. The molecule has 2 aromatic rings. The van der Waals surface area contributed by atoms with E-state index in [-0.39, 0.29) is 11.9 Å². The number of piperidine rings is 3. The molecule has 23 heavy (non-hydrogen) atoms. The highest BCUT2D eigenvalue weighted by Gasteiger charge is 2.40. The van der Waals surface area contributed by atoms with Crippen molar-refractivity contribution >= 4 is 5.91 Å². The summed E-state index contributed by atoms with van der Waals surface area (Å²) in [5.41, 5.74) is 0.926. The number of furan rings is 1. The highest BCUT2D eigenvalue weighted by molar-refractivity contribution is 5.92. The predicted molar refractivity (Wildman–Crippen MR) is 87.0 cm³/mol. The fourth-order valence-electron chi connectivity index (χ4n) is 3.90. The Balaban J connectivity index is 1.49. The highest BCUT2D eigenvalue weighted by Crippen LogP contribution is 2.32. The molecule has 5 nitrogen and oxygen atoms in total. The van der Waals surface area contributed by atoms with Gasteiger partial charge < -0.3 is 9.73 Å². The molecule has 2 aromatic heterocycles. The molecular formula is C18H21N3O2. The van der Waals surface area contributed by atoms with Gasteiger partial charge in [-0.2, -0.15) is 0 Å². The molecule has 1 N–H and O–H groups in total. The van der Waals surface area contributed by atoms with Gasteiger partial charge in [0.05, 0.1) is 0 Å². The topological polar surface area (TPSA) is 58.4 Å². The lowest BCUT2D eigenvalue weighted by atomic mass is 9.79. The van der Waals surface area contributed by atoms with Crippen LogP contribution >= 0.6 is 0 Å². The Morgan fingerprint density at radius 2 is 1.96 bits per heavy atom. The van der Waals surface area contributed by atoms with E-state index in [1.165, 1.54) is 12.8 Å². The maximum Gasteiger partial charge on any atom is 0.287 e. The minimum atomic E-state index is -0.115. The number of nitrogens with zero attached hydrogens (tertiary/aromatic N) is 2. The number of hydrogen-bond acceptors (Lipinski definition) is 4. The first-order valence-electron chi connectivity index (χ1n) is 8.27. The first-order chi connectivity index (χ1) is 11.2. The lowest BCUT2D eigenvalue weighted by Gasteiger charge is -2.49. The summed E-state index contributed by atoms with van der Waals surface area (Å²) in [5.74, 6) is 1.55. The second-order valence-corrected chi connectivity index (χ2v) is 6.51. The van der Waals surface area contributed by atoms with E-state index in [1.54, 1.807) is 18.5 Å². The maximum atomic E-state index is 12.5. The Morgan fingerprint density at radius 3 is 2.65 bits per heavy atom. The van der Waals surface area contributed by atoms with Crippen LogP contribution in [0.4, 0.5) is 0 Å². The number of nitrogens with one attached hydrogen (secondary N) is 1. The molecule has 5 heterocycles. The van der Waals surface area contributed by atoms with Crippen molar-refractivity contribution in [2.45, 2.75) is 31.8 Å². The van der Waals surface area contributed by atoms with Crippen LogP contribution in [-0.2, 0) is 0 Å². The molecule has 2 bridgehead atoms. The Hall–Kier alpha value is -2.14. The molecule has 5 heteroatoms. The van der Waals surface area contributed by atoms with Gasteiger partial charge in [-0.3, -0.25) is 14.7 Å². The number of amides is 1. The standard InChI is InChI=1S/C18H21N3O2/c1-12-17(14-6-10-21(12)11-7-14)20-18(22)16-3-2-15(23-16)13-4-8-19-9-5-13/h2-5,8-9,12,14,17H,6-7,10-11H2,1H3,(H,20,22)/t12-,17-/m0/s1. The third kappa shape index (κ3) is 2.65. The minimum absolute atomic E-state index is 0.115. The third-order valence-electron chi connectivity index (χ3n) is 5.27. The number of carbonyl (C=O) groups excluding carboxylic acids is 1. The molecule has 3 aliphatic heterocycles. The molecule has 2 atom stereocenters. The van der Waals surface area contributed by atoms with Gasteiger partial charge in [-0.05, 0) is 63.0 Å². The number of pyridine rings is 1. The summed E-state index contributed by atoms with van der Waals surface area (Å²) in [6, 6.07) is 7.95. The van der Waals surface area contributed by atoms with Crippen LogP contribution in [-0.4, -0.2) is 41.0 Å². The van der Waals surface area contributed by atoms with Crippen molar-refractivity contribution in [3.8, 4) is 11.3 Å². The number of hydrogen-bond donors (Lipinski definition) is 1. The SMILES string of the molecule is C[C@H]1[C@H](NC(=O)c2ccc(-c3ccncc3)o2)C2CCN1CC2. The zero-order valence-corrected chi connectivity index (χ0v) is 13.2. The molecule has 3 fully saturated rings. The molecule has 0 saturated carbocycles. The molecule has 3 saturated heterocycles. The zero-order chi connectivity index (χ0) is 15.8. The van der Waals surface area contributed by atoms with Gasteiger partial charge in [0.15, 0.2) is 5.76 Å². The lowest BCUT2D eigenvalue weighted by molar-refractivity contribution is 0.0211. The summed E-state index contributed by atoms with van der Waals surface area (Å²) in [6.45, 7) is 4.52. The molecule has 0 unspecified atom stereocenters. The van der Waals surface area contributed by atoms with E-state index in [1.807, 2.05) is 18.2 Å². The van der Waals surface area contributed by atoms with Gasteiger partial charge in [-0.25, -0.2) is 0 Å². The quantitative estimate of drug-likeness (QED) is 0.946. The average molecular weight is 311 g/mol. The van der Waals surface area contributed by atoms with Gasteiger partial charge >= 0.3 is 0 Å². The van der Waals surface area contributed by atoms with Crippen LogP contribution in [0.3, 0.4) is 0 Å². The molecule has 120 valence electrons. The van der Waals surface area contributed by atoms with Crippen molar-refractivity contribution in [3.05, 3.63) is 42.4 Å². The summed E-state index contributed by atoms with van der Waals surface area (Å²) >= 11 is 0. The number of aromatic nitrogens is 1. The Morgan fingerprint density at radius 1 is 1.22 bits per heavy atom. The summed E-state index contributed by atoms with van der Waals surface area (Å²) < 4.78 is 5.73. The van der Waals surface area contributed by atoms with E-state index >= 15 is 0 Å². The maximum absolute atomic E-state index is 12.5. The third-order valence-corrected chi connectivity index (χ3v) is 5.27. The van der Waals surface area contributed by atoms with E-state index < -0.39 is 0 Å². The van der Waals surface area contributed by atoms with Gasteiger partial charge in [0.2, 0.25) is 0 Å². The van der Waals surface area contributed by atoms with Crippen LogP contribution in [0, 0.1) is 5.92 Å². The number of carbonyl (C=O) groups is 1. The van der Waals surface area contributed by atoms with Gasteiger partial charge in [-0.15, -0.1) is 0 Å². The molecule has 0 aliphatic carbocycles. The first-order valence-corrected chi connectivity index (χ1v) is 8.27. The van der Waals surface area contributed by atoms with Gasteiger partial charge in [0.25, 0.3) is 5.91 Å². The van der Waals surface area contributed by atoms with Crippen LogP contribution in [0.1, 0.15) is 30.3 Å². The molecular weight excluding hydrogens is 290 g/mol. The summed E-state index contributed by atoms with van der Waals surface area (Å²) in [5, 5.41) is 3.19. The van der Waals surface area contributed by atoms with E-state index in [0.29, 0.717) is 23.5 Å². The fourth-order valence-corrected chi connectivity index (χ4v) is 3.90. The zero-order valence-electron chi connectivity index (χ0n) is 13.2. The fraction of sp³-hybridized carbons (Fsp3) is 0.444. The molecule has 0 radical (unpaired) electrons. The van der Waals surface area contributed by atoms with Crippen molar-refractivity contribution < 1.29 is 9.21 Å². The molecule has 5 rings (SSSR count). The van der Waals surface area contributed by atoms with Crippen molar-refractivity contribution in [1.82, 2.24) is 15.2 Å². The van der Waals surface area contributed by atoms with Crippen LogP contribution < -0.4 is 5.32 Å². The molecule has 3 aliphatic rings. The Labute approximate surface area is 135 Å². The first kappa shape index (κ1) is 14.5. The second kappa shape index (κ2) is 5.81. The normalized spacial score (nSPS) is 29.4. The van der Waals surface area contributed by atoms with Crippen LogP contribution in [0.2, 0.25) is 0 Å². The van der Waals surface area contributed by atoms with Crippen LogP contribution in [0.25, 0.3) is 11.3 Å². The second-order valence-electron chi connectivity index (χ2n) is 6.51. The average Bonchev–Trinajstić information content (AvgIpc) is 3.09. The van der Waals surface area contributed by atoms with Gasteiger partial charge in [0.1, 0.15) is 5.76 Å². The van der Waals surface area contributed by atoms with E-state index in [4.69, 9.17) is 4.42 Å². The van der Waals surface area contributed by atoms with Crippen LogP contribution in [0.15, 0.2) is 41.1 Å². The molecule has 1 amide bonds. The lowest BCUT2D eigenvalue weighted by Crippen LogP contribution is -2.62. The van der Waals surface area contributed by atoms with Gasteiger partial charge in [0, 0.05) is 30.0 Å². The van der Waals surface area contributed by atoms with Crippen molar-refractivity contribution in [3.63, 3.8) is 0 Å². The van der Waals surface area contributed by atoms with Crippen molar-refractivity contribution in [2.24, 2.45) is 5.92 Å². The van der Waals surface area contributed by atoms with Crippen LogP contribution in [0.5, 0.6) is 0 Å². The largest absolute Gasteiger partial charge is 0.451 e. The number of fused-ring (bicyclic) bond motifs is 3. The monoisotopic (exact) mass is 311 g/mol. The van der Waals surface area contributed by atoms with E-state index in [0.717, 1.165) is 18.7 Å². The molecule has 0 aromatic carbocycles. The number of rotatable bonds is 3. The highest BCUT2D eigenvalue weighted by atomic mass is 16.3. The Kier molecular flexibility index (Phi) is 3.65. The van der Waals surface area contributed by atoms with Crippen molar-refractivity contribution in [1.29, 1.82) is 0 Å². The summed E-state index contributed by atoms with van der Waals surface area (Å²) in [4.78, 5) is 19.0. The van der Waals surface area contributed by atoms with Crippen molar-refractivity contribution in [2.75, 3.05) is 13.1 Å². The Bertz CT molecular complexity index is 687. The summed E-state index contributed by atoms with van der Waals surface area (Å²) in [7, 11) is 0. The smallest absolute Gasteiger partial charge is 0.287 e. The minimum Gasteiger partial charge on any atom is -0.451 e. The predicted octanol–water partition coefficient (Wildman–Crippen LogP) is 2.55.